The van der Waals surface area contributed by atoms with Crippen LogP contribution in [0, 0.1) is 0 Å². The molecule has 1 saturated carbocycles. The standard InChI is InChI=1S/C13H18ClN3OS/c1-2-17-13(12(15)18)6-5-10(7-13)19-11-4-3-9(14)8-16-11/h3-4,8,10,17H,2,5-7H2,1H3,(H2,15,18). The number of carbonyl (C=O) groups is 1. The summed E-state index contributed by atoms with van der Waals surface area (Å²) >= 11 is 7.50. The van der Waals surface area contributed by atoms with Crippen molar-refractivity contribution in [1.82, 2.24) is 10.3 Å². The molecule has 1 aliphatic carbocycles. The Hall–Kier alpha value is -0.780. The Kier molecular flexibility index (Phi) is 4.71. The number of aromatic nitrogens is 1. The van der Waals surface area contributed by atoms with Crippen molar-refractivity contribution in [2.24, 2.45) is 5.73 Å². The minimum absolute atomic E-state index is 0.249. The van der Waals surface area contributed by atoms with E-state index in [1.807, 2.05) is 19.1 Å². The van der Waals surface area contributed by atoms with Gasteiger partial charge in [0.05, 0.1) is 15.6 Å². The lowest BCUT2D eigenvalue weighted by Gasteiger charge is -2.26. The Balaban J connectivity index is 2.01. The van der Waals surface area contributed by atoms with Crippen LogP contribution in [0.2, 0.25) is 5.02 Å². The Morgan fingerprint density at radius 1 is 1.68 bits per heavy atom. The molecule has 1 amide bonds. The van der Waals surface area contributed by atoms with Crippen LogP contribution in [0.5, 0.6) is 0 Å². The molecular weight excluding hydrogens is 282 g/mol. The van der Waals surface area contributed by atoms with Crippen molar-refractivity contribution in [3.63, 3.8) is 0 Å². The predicted octanol–water partition coefficient (Wildman–Crippen LogP) is 2.21. The fraction of sp³-hybridized carbons (Fsp3) is 0.538. The molecule has 19 heavy (non-hydrogen) atoms. The molecule has 0 aliphatic heterocycles. The first-order chi connectivity index (χ1) is 9.05. The van der Waals surface area contributed by atoms with Gasteiger partial charge in [0, 0.05) is 11.4 Å². The molecule has 6 heteroatoms. The SMILES string of the molecule is CCNC1(C(N)=O)CCC(Sc2ccc(Cl)cn2)C1. The summed E-state index contributed by atoms with van der Waals surface area (Å²) in [6, 6.07) is 3.74. The second-order valence-corrected chi connectivity index (χ2v) is 6.53. The maximum atomic E-state index is 11.7. The molecule has 1 aliphatic rings. The number of nitrogens with two attached hydrogens (primary N) is 1. The number of amides is 1. The van der Waals surface area contributed by atoms with E-state index in [4.69, 9.17) is 17.3 Å². The first kappa shape index (κ1) is 14.6. The lowest BCUT2D eigenvalue weighted by molar-refractivity contribution is -0.124. The summed E-state index contributed by atoms with van der Waals surface area (Å²) in [4.78, 5) is 15.9. The quantitative estimate of drug-likeness (QED) is 0.875. The summed E-state index contributed by atoms with van der Waals surface area (Å²) in [6.07, 6.45) is 4.15. The number of carbonyl (C=O) groups excluding carboxylic acids is 1. The molecule has 0 radical (unpaired) electrons. The van der Waals surface area contributed by atoms with E-state index in [0.717, 1.165) is 30.8 Å². The fourth-order valence-electron chi connectivity index (χ4n) is 2.51. The van der Waals surface area contributed by atoms with Crippen LogP contribution in [0.1, 0.15) is 26.2 Å². The molecule has 0 saturated heterocycles. The fourth-order valence-corrected chi connectivity index (χ4v) is 3.83. The number of likely N-dealkylation sites (N-methyl/N-ethyl adjacent to an activating group) is 1. The third-order valence-electron chi connectivity index (χ3n) is 3.44. The highest BCUT2D eigenvalue weighted by atomic mass is 35.5. The molecule has 104 valence electrons. The lowest BCUT2D eigenvalue weighted by atomic mass is 9.97. The molecule has 1 aromatic heterocycles. The third-order valence-corrected chi connectivity index (χ3v) is 4.89. The van der Waals surface area contributed by atoms with Gasteiger partial charge in [-0.15, -0.1) is 11.8 Å². The predicted molar refractivity (Wildman–Crippen MR) is 78.3 cm³/mol. The van der Waals surface area contributed by atoms with Gasteiger partial charge in [0.1, 0.15) is 0 Å². The molecule has 3 N–H and O–H groups in total. The van der Waals surface area contributed by atoms with Crippen molar-refractivity contribution < 1.29 is 4.79 Å². The van der Waals surface area contributed by atoms with Crippen LogP contribution in [0.3, 0.4) is 0 Å². The lowest BCUT2D eigenvalue weighted by Crippen LogP contribution is -2.53. The smallest absolute Gasteiger partial charge is 0.237 e. The van der Waals surface area contributed by atoms with Gasteiger partial charge in [-0.1, -0.05) is 18.5 Å². The van der Waals surface area contributed by atoms with Crippen molar-refractivity contribution in [1.29, 1.82) is 0 Å². The van der Waals surface area contributed by atoms with Gasteiger partial charge in [-0.05, 0) is 37.9 Å². The molecule has 1 aromatic rings. The summed E-state index contributed by atoms with van der Waals surface area (Å²) in [6.45, 7) is 2.74. The minimum atomic E-state index is -0.543. The van der Waals surface area contributed by atoms with Gasteiger partial charge >= 0.3 is 0 Å². The topological polar surface area (TPSA) is 68.0 Å². The van der Waals surface area contributed by atoms with E-state index < -0.39 is 5.54 Å². The van der Waals surface area contributed by atoms with Gasteiger partial charge in [0.25, 0.3) is 0 Å². The average molecular weight is 300 g/mol. The minimum Gasteiger partial charge on any atom is -0.368 e. The first-order valence-electron chi connectivity index (χ1n) is 6.39. The van der Waals surface area contributed by atoms with Crippen LogP contribution in [0.4, 0.5) is 0 Å². The molecule has 0 bridgehead atoms. The summed E-state index contributed by atoms with van der Waals surface area (Å²) in [5.41, 5.74) is 5.01. The molecule has 4 nitrogen and oxygen atoms in total. The van der Waals surface area contributed by atoms with Crippen LogP contribution >= 0.6 is 23.4 Å². The van der Waals surface area contributed by atoms with Gasteiger partial charge < -0.3 is 11.1 Å². The van der Waals surface area contributed by atoms with E-state index in [2.05, 4.69) is 10.3 Å². The largest absolute Gasteiger partial charge is 0.368 e. The number of primary amides is 1. The molecule has 2 atom stereocenters. The molecule has 2 unspecified atom stereocenters. The van der Waals surface area contributed by atoms with E-state index in [-0.39, 0.29) is 5.91 Å². The van der Waals surface area contributed by atoms with Gasteiger partial charge in [-0.2, -0.15) is 0 Å². The monoisotopic (exact) mass is 299 g/mol. The Morgan fingerprint density at radius 2 is 2.47 bits per heavy atom. The molecule has 0 aromatic carbocycles. The number of thioether (sulfide) groups is 1. The van der Waals surface area contributed by atoms with E-state index in [1.54, 1.807) is 18.0 Å². The summed E-state index contributed by atoms with van der Waals surface area (Å²) in [5, 5.41) is 5.18. The number of nitrogens with one attached hydrogen (secondary N) is 1. The Labute approximate surface area is 122 Å². The maximum absolute atomic E-state index is 11.7. The molecular formula is C13H18ClN3OS. The van der Waals surface area contributed by atoms with Crippen molar-refractivity contribution in [3.8, 4) is 0 Å². The second-order valence-electron chi connectivity index (χ2n) is 4.77. The number of hydrogen-bond acceptors (Lipinski definition) is 4. The maximum Gasteiger partial charge on any atom is 0.237 e. The number of halogens is 1. The van der Waals surface area contributed by atoms with Gasteiger partial charge in [-0.25, -0.2) is 4.98 Å². The number of pyridine rings is 1. The van der Waals surface area contributed by atoms with E-state index in [1.165, 1.54) is 0 Å². The average Bonchev–Trinajstić information content (AvgIpc) is 2.77. The number of hydrogen-bond donors (Lipinski definition) is 2. The third kappa shape index (κ3) is 3.41. The number of nitrogens with zero attached hydrogens (tertiary/aromatic N) is 1. The van der Waals surface area contributed by atoms with Crippen LogP contribution in [0.25, 0.3) is 0 Å². The van der Waals surface area contributed by atoms with E-state index in [9.17, 15) is 4.79 Å². The number of rotatable bonds is 5. The normalized spacial score (nSPS) is 26.5. The van der Waals surface area contributed by atoms with Crippen LogP contribution in [0.15, 0.2) is 23.4 Å². The van der Waals surface area contributed by atoms with E-state index >= 15 is 0 Å². The van der Waals surface area contributed by atoms with Crippen LogP contribution in [-0.2, 0) is 4.79 Å². The van der Waals surface area contributed by atoms with Crippen molar-refractivity contribution in [2.45, 2.75) is 42.0 Å². The van der Waals surface area contributed by atoms with Crippen LogP contribution < -0.4 is 11.1 Å². The Morgan fingerprint density at radius 3 is 3.05 bits per heavy atom. The zero-order chi connectivity index (χ0) is 13.9. The summed E-state index contributed by atoms with van der Waals surface area (Å²) in [5.74, 6) is -0.249. The van der Waals surface area contributed by atoms with Crippen molar-refractivity contribution >= 4 is 29.3 Å². The highest BCUT2D eigenvalue weighted by Crippen LogP contribution is 2.39. The highest BCUT2D eigenvalue weighted by Gasteiger charge is 2.43. The molecule has 1 heterocycles. The van der Waals surface area contributed by atoms with Gasteiger partial charge in [-0.3, -0.25) is 4.79 Å². The van der Waals surface area contributed by atoms with Crippen LogP contribution in [-0.4, -0.2) is 28.2 Å². The Bertz CT molecular complexity index is 454. The molecule has 1 fully saturated rings. The molecule has 0 spiro atoms. The van der Waals surface area contributed by atoms with Crippen molar-refractivity contribution in [2.75, 3.05) is 6.54 Å². The molecule has 2 rings (SSSR count). The van der Waals surface area contributed by atoms with E-state index in [0.29, 0.717) is 10.3 Å². The summed E-state index contributed by atoms with van der Waals surface area (Å²) in [7, 11) is 0. The zero-order valence-corrected chi connectivity index (χ0v) is 12.4. The second kappa shape index (κ2) is 6.11. The van der Waals surface area contributed by atoms with Gasteiger partial charge in [0.15, 0.2) is 0 Å². The highest BCUT2D eigenvalue weighted by molar-refractivity contribution is 7.99. The zero-order valence-electron chi connectivity index (χ0n) is 10.9. The summed E-state index contributed by atoms with van der Waals surface area (Å²) < 4.78 is 0. The van der Waals surface area contributed by atoms with Gasteiger partial charge in [0.2, 0.25) is 5.91 Å². The first-order valence-corrected chi connectivity index (χ1v) is 7.64. The van der Waals surface area contributed by atoms with Crippen molar-refractivity contribution in [3.05, 3.63) is 23.4 Å².